The number of carbonyl (C=O) groups excluding carboxylic acids is 1. The van der Waals surface area contributed by atoms with Crippen LogP contribution in [0.4, 0.5) is 0 Å². The van der Waals surface area contributed by atoms with Crippen LogP contribution in [0.25, 0.3) is 0 Å². The van der Waals surface area contributed by atoms with Gasteiger partial charge in [0.05, 0.1) is 37.8 Å². The van der Waals surface area contributed by atoms with Gasteiger partial charge in [0.2, 0.25) is 5.91 Å². The van der Waals surface area contributed by atoms with Crippen molar-refractivity contribution < 1.29 is 27.3 Å². The lowest BCUT2D eigenvalue weighted by Crippen LogP contribution is -3.00. The van der Waals surface area contributed by atoms with Gasteiger partial charge in [0, 0.05) is 6.54 Å². The van der Waals surface area contributed by atoms with E-state index in [1.54, 1.807) is 0 Å². The molecule has 6 rings (SSSR count). The van der Waals surface area contributed by atoms with Gasteiger partial charge in [-0.15, -0.1) is 0 Å². The van der Waals surface area contributed by atoms with Crippen molar-refractivity contribution in [3.63, 3.8) is 0 Å². The topological polar surface area (TPSA) is 46.1 Å². The van der Waals surface area contributed by atoms with E-state index in [0.29, 0.717) is 25.0 Å². The van der Waals surface area contributed by atoms with E-state index in [9.17, 15) is 4.79 Å². The number of amides is 1. The summed E-state index contributed by atoms with van der Waals surface area (Å²) in [5.41, 5.74) is 4.96. The molecule has 1 spiro atoms. The van der Waals surface area contributed by atoms with Gasteiger partial charge in [-0.3, -0.25) is 4.79 Å². The molecule has 3 aliphatic heterocycles. The molecule has 1 amide bonds. The minimum atomic E-state index is -0.233. The smallest absolute Gasteiger partial charge is 0.233 e. The predicted octanol–water partition coefficient (Wildman–Crippen LogP) is 0.799. The maximum Gasteiger partial charge on any atom is 0.233 e. The molecule has 4 atom stereocenters. The fraction of sp³-hybridized carbons (Fsp3) is 0.367. The van der Waals surface area contributed by atoms with Gasteiger partial charge in [-0.25, -0.2) is 0 Å². The maximum atomic E-state index is 14.4. The lowest BCUT2D eigenvalue weighted by atomic mass is 9.69. The third-order valence-electron chi connectivity index (χ3n) is 8.39. The molecule has 2 fully saturated rings. The van der Waals surface area contributed by atoms with Crippen LogP contribution in [-0.2, 0) is 21.6 Å². The zero-order valence-electron chi connectivity index (χ0n) is 20.0. The predicted molar refractivity (Wildman–Crippen MR) is 132 cm³/mol. The van der Waals surface area contributed by atoms with Gasteiger partial charge < -0.3 is 27.4 Å². The Morgan fingerprint density at radius 2 is 1.60 bits per heavy atom. The first-order chi connectivity index (χ1) is 16.8. The summed E-state index contributed by atoms with van der Waals surface area (Å²) in [4.78, 5) is 16.6. The number of hydrogen-bond donors (Lipinski definition) is 1. The van der Waals surface area contributed by atoms with Crippen LogP contribution < -0.4 is 17.7 Å². The second-order valence-corrected chi connectivity index (χ2v) is 10.2. The van der Waals surface area contributed by atoms with E-state index in [-0.39, 0.29) is 29.8 Å². The van der Waals surface area contributed by atoms with E-state index in [1.807, 2.05) is 0 Å². The van der Waals surface area contributed by atoms with Gasteiger partial charge in [0.15, 0.2) is 0 Å². The molecule has 2 N–H and O–H groups in total. The molecular weight excluding hydrogens is 456 g/mol. The first kappa shape index (κ1) is 24.1. The van der Waals surface area contributed by atoms with Crippen molar-refractivity contribution in [3.05, 3.63) is 107 Å². The molecule has 5 heteroatoms. The molecular formula is C30H33ClN2O2. The highest BCUT2D eigenvalue weighted by atomic mass is 35.5. The third kappa shape index (κ3) is 4.29. The van der Waals surface area contributed by atoms with Crippen molar-refractivity contribution in [1.29, 1.82) is 0 Å². The molecule has 0 saturated carbocycles. The molecule has 182 valence electrons. The van der Waals surface area contributed by atoms with Crippen molar-refractivity contribution in [1.82, 2.24) is 4.90 Å². The average molecular weight is 489 g/mol. The van der Waals surface area contributed by atoms with Gasteiger partial charge in [-0.1, -0.05) is 84.9 Å². The van der Waals surface area contributed by atoms with Crippen LogP contribution in [0.2, 0.25) is 0 Å². The van der Waals surface area contributed by atoms with E-state index in [0.717, 1.165) is 32.5 Å². The van der Waals surface area contributed by atoms with Crippen LogP contribution >= 0.6 is 0 Å². The summed E-state index contributed by atoms with van der Waals surface area (Å²) in [5.74, 6) is 0.709. The van der Waals surface area contributed by atoms with Crippen LogP contribution in [-0.4, -0.2) is 37.0 Å². The van der Waals surface area contributed by atoms with E-state index < -0.39 is 0 Å². The Kier molecular flexibility index (Phi) is 6.97. The van der Waals surface area contributed by atoms with E-state index in [1.165, 1.54) is 22.3 Å². The van der Waals surface area contributed by atoms with Crippen molar-refractivity contribution in [3.8, 4) is 0 Å². The summed E-state index contributed by atoms with van der Waals surface area (Å²) < 4.78 is 6.10. The standard InChI is InChI=1S/C30H32N2O2.ClH/c33-29(27-18-31-20-30(27)21-34-19-25-13-7-8-14-26(25)30)32-16-15-24(22-9-3-1-4-10-22)17-28(32)23-11-5-2-6-12-23;/h1-14,24,27-28,31H,15-21H2;1H/t24-,27+,28+,30-;/m1./s1. The van der Waals surface area contributed by atoms with E-state index in [4.69, 9.17) is 4.74 Å². The lowest BCUT2D eigenvalue weighted by molar-refractivity contribution is -0.640. The number of rotatable bonds is 3. The second-order valence-electron chi connectivity index (χ2n) is 10.2. The number of benzene rings is 3. The number of piperidine rings is 1. The Morgan fingerprint density at radius 1 is 0.914 bits per heavy atom. The molecule has 3 heterocycles. The van der Waals surface area contributed by atoms with Crippen molar-refractivity contribution in [2.45, 2.75) is 36.8 Å². The largest absolute Gasteiger partial charge is 1.00 e. The highest BCUT2D eigenvalue weighted by molar-refractivity contribution is 5.82. The van der Waals surface area contributed by atoms with Crippen LogP contribution in [0, 0.1) is 5.92 Å². The first-order valence-electron chi connectivity index (χ1n) is 12.6. The zero-order valence-corrected chi connectivity index (χ0v) is 20.7. The monoisotopic (exact) mass is 488 g/mol. The molecule has 3 aromatic carbocycles. The molecule has 0 aliphatic carbocycles. The fourth-order valence-electron chi connectivity index (χ4n) is 6.67. The molecule has 4 nitrogen and oxygen atoms in total. The number of likely N-dealkylation sites (tertiary alicyclic amines) is 1. The summed E-state index contributed by atoms with van der Waals surface area (Å²) in [6.45, 7) is 3.82. The van der Waals surface area contributed by atoms with Gasteiger partial charge in [0.1, 0.15) is 5.92 Å². The Hall–Kier alpha value is -2.66. The normalized spacial score (nSPS) is 27.8. The number of nitrogens with two attached hydrogens (primary N) is 1. The van der Waals surface area contributed by atoms with Gasteiger partial charge in [0.25, 0.3) is 0 Å². The highest BCUT2D eigenvalue weighted by Gasteiger charge is 2.55. The molecule has 2 saturated heterocycles. The summed E-state index contributed by atoms with van der Waals surface area (Å²) >= 11 is 0. The number of fused-ring (bicyclic) bond motifs is 2. The number of nitrogens with zero attached hydrogens (tertiary/aromatic N) is 1. The van der Waals surface area contributed by atoms with Crippen molar-refractivity contribution in [2.24, 2.45) is 5.92 Å². The van der Waals surface area contributed by atoms with Crippen molar-refractivity contribution >= 4 is 5.91 Å². The summed E-state index contributed by atoms with van der Waals surface area (Å²) in [6, 6.07) is 30.1. The zero-order chi connectivity index (χ0) is 23.0. The lowest BCUT2D eigenvalue weighted by Gasteiger charge is -2.44. The summed E-state index contributed by atoms with van der Waals surface area (Å²) in [6.07, 6.45) is 1.98. The second kappa shape index (κ2) is 10.1. The number of carbonyl (C=O) groups is 1. The Morgan fingerprint density at radius 3 is 2.37 bits per heavy atom. The van der Waals surface area contributed by atoms with Crippen LogP contribution in [0.3, 0.4) is 0 Å². The minimum Gasteiger partial charge on any atom is -1.00 e. The number of quaternary nitrogens is 1. The van der Waals surface area contributed by atoms with Crippen molar-refractivity contribution in [2.75, 3.05) is 26.2 Å². The molecule has 35 heavy (non-hydrogen) atoms. The molecule has 3 aromatic rings. The highest BCUT2D eigenvalue weighted by Crippen LogP contribution is 2.44. The third-order valence-corrected chi connectivity index (χ3v) is 8.39. The Labute approximate surface area is 214 Å². The van der Waals surface area contributed by atoms with E-state index >= 15 is 0 Å². The van der Waals surface area contributed by atoms with E-state index in [2.05, 4.69) is 95.1 Å². The number of ether oxygens (including phenoxy) is 1. The Bertz CT molecular complexity index is 1160. The first-order valence-corrected chi connectivity index (χ1v) is 12.6. The molecule has 0 aromatic heterocycles. The number of hydrogen-bond acceptors (Lipinski definition) is 2. The summed E-state index contributed by atoms with van der Waals surface area (Å²) in [7, 11) is 0. The van der Waals surface area contributed by atoms with Crippen LogP contribution in [0.1, 0.15) is 47.1 Å². The molecule has 0 radical (unpaired) electrons. The fourth-order valence-corrected chi connectivity index (χ4v) is 6.67. The average Bonchev–Trinajstić information content (AvgIpc) is 3.33. The minimum absolute atomic E-state index is 0. The van der Waals surface area contributed by atoms with Gasteiger partial charge in [-0.05, 0) is 41.0 Å². The van der Waals surface area contributed by atoms with Gasteiger partial charge >= 0.3 is 0 Å². The summed E-state index contributed by atoms with van der Waals surface area (Å²) in [5, 5.41) is 2.32. The van der Waals surface area contributed by atoms with Gasteiger partial charge in [-0.2, -0.15) is 0 Å². The van der Waals surface area contributed by atoms with Crippen LogP contribution in [0.15, 0.2) is 84.9 Å². The number of halogens is 1. The maximum absolute atomic E-state index is 14.4. The Balaban J connectivity index is 0.00000253. The molecule has 0 unspecified atom stereocenters. The quantitative estimate of drug-likeness (QED) is 0.593. The molecule has 0 bridgehead atoms. The SMILES string of the molecule is O=C([C@@H]1C[NH2+]C[C@]12COCc1ccccc12)N1CC[C@@H](c2ccccc2)C[C@H]1c1ccccc1.[Cl-]. The van der Waals surface area contributed by atoms with Crippen LogP contribution in [0.5, 0.6) is 0 Å². The molecule has 3 aliphatic rings.